The third kappa shape index (κ3) is 8.32. The van der Waals surface area contributed by atoms with E-state index in [0.29, 0.717) is 10.7 Å². The summed E-state index contributed by atoms with van der Waals surface area (Å²) in [6.45, 7) is 6.87. The number of sulfonamides is 1. The molecule has 1 N–H and O–H groups in total. The number of benzene rings is 2. The summed E-state index contributed by atoms with van der Waals surface area (Å²) in [7, 11) is -3.78. The predicted octanol–water partition coefficient (Wildman–Crippen LogP) is 4.20. The third-order valence-corrected chi connectivity index (χ3v) is 6.65. The Morgan fingerprint density at radius 2 is 1.61 bits per heavy atom. The van der Waals surface area contributed by atoms with Crippen LogP contribution in [0.15, 0.2) is 53.0 Å². The second kappa shape index (κ2) is 10.9. The van der Waals surface area contributed by atoms with Gasteiger partial charge in [0.2, 0.25) is 21.8 Å². The van der Waals surface area contributed by atoms with Crippen LogP contribution in [0, 0.1) is 0 Å². The van der Waals surface area contributed by atoms with E-state index in [-0.39, 0.29) is 12.5 Å². The van der Waals surface area contributed by atoms with Gasteiger partial charge in [0.1, 0.15) is 12.6 Å². The molecule has 180 valence electrons. The Morgan fingerprint density at radius 3 is 2.09 bits per heavy atom. The maximum Gasteiger partial charge on any atom is 0.244 e. The van der Waals surface area contributed by atoms with E-state index < -0.39 is 34.1 Å². The molecular weight excluding hydrogens is 530 g/mol. The SMILES string of the molecule is C[C@@H](C(=O)NC(C)(C)C)N(Cc1ccc(Br)cc1)C(=O)CN(c1ccc(Cl)cc1)S(C)(=O)=O. The minimum Gasteiger partial charge on any atom is -0.350 e. The monoisotopic (exact) mass is 557 g/mol. The number of hydrogen-bond donors (Lipinski definition) is 1. The summed E-state index contributed by atoms with van der Waals surface area (Å²) in [5.74, 6) is -0.833. The van der Waals surface area contributed by atoms with Crippen molar-refractivity contribution in [3.63, 3.8) is 0 Å². The summed E-state index contributed by atoms with van der Waals surface area (Å²) in [6.07, 6.45) is 1.03. The minimum atomic E-state index is -3.78. The number of anilines is 1. The molecule has 0 spiro atoms. The molecule has 2 aromatic rings. The van der Waals surface area contributed by atoms with Gasteiger partial charge < -0.3 is 10.2 Å². The van der Waals surface area contributed by atoms with Crippen molar-refractivity contribution in [3.8, 4) is 0 Å². The molecule has 0 saturated heterocycles. The molecule has 0 aliphatic carbocycles. The van der Waals surface area contributed by atoms with Crippen molar-refractivity contribution < 1.29 is 18.0 Å². The van der Waals surface area contributed by atoms with Crippen LogP contribution in [0.25, 0.3) is 0 Å². The van der Waals surface area contributed by atoms with Gasteiger partial charge in [0, 0.05) is 21.6 Å². The number of amides is 2. The largest absolute Gasteiger partial charge is 0.350 e. The van der Waals surface area contributed by atoms with E-state index in [1.807, 2.05) is 45.0 Å². The van der Waals surface area contributed by atoms with Gasteiger partial charge in [-0.25, -0.2) is 8.42 Å². The van der Waals surface area contributed by atoms with Gasteiger partial charge in [0.05, 0.1) is 11.9 Å². The van der Waals surface area contributed by atoms with Crippen LogP contribution < -0.4 is 9.62 Å². The average Bonchev–Trinajstić information content (AvgIpc) is 2.69. The van der Waals surface area contributed by atoms with Crippen molar-refractivity contribution in [2.24, 2.45) is 0 Å². The van der Waals surface area contributed by atoms with Gasteiger partial charge in [0.15, 0.2) is 0 Å². The Labute approximate surface area is 209 Å². The van der Waals surface area contributed by atoms with Crippen LogP contribution in [-0.4, -0.2) is 49.5 Å². The Balaban J connectivity index is 2.38. The maximum absolute atomic E-state index is 13.4. The van der Waals surface area contributed by atoms with E-state index in [0.717, 1.165) is 20.6 Å². The highest BCUT2D eigenvalue weighted by molar-refractivity contribution is 9.10. The van der Waals surface area contributed by atoms with E-state index in [4.69, 9.17) is 11.6 Å². The number of halogens is 2. The van der Waals surface area contributed by atoms with Crippen LogP contribution in [0.5, 0.6) is 0 Å². The zero-order chi connectivity index (χ0) is 25.0. The first-order valence-electron chi connectivity index (χ1n) is 10.3. The summed E-state index contributed by atoms with van der Waals surface area (Å²) < 4.78 is 26.9. The smallest absolute Gasteiger partial charge is 0.244 e. The molecule has 0 bridgehead atoms. The van der Waals surface area contributed by atoms with Gasteiger partial charge in [-0.1, -0.05) is 39.7 Å². The number of carbonyl (C=O) groups is 2. The van der Waals surface area contributed by atoms with Crippen molar-refractivity contribution in [3.05, 3.63) is 63.6 Å². The molecule has 0 unspecified atom stereocenters. The van der Waals surface area contributed by atoms with Crippen LogP contribution in [0.3, 0.4) is 0 Å². The van der Waals surface area contributed by atoms with Crippen molar-refractivity contribution >= 4 is 55.1 Å². The fraction of sp³-hybridized carbons (Fsp3) is 0.391. The van der Waals surface area contributed by atoms with Crippen molar-refractivity contribution in [1.29, 1.82) is 0 Å². The van der Waals surface area contributed by atoms with E-state index in [9.17, 15) is 18.0 Å². The molecule has 0 aliphatic heterocycles. The Morgan fingerprint density at radius 1 is 1.06 bits per heavy atom. The van der Waals surface area contributed by atoms with Gasteiger partial charge >= 0.3 is 0 Å². The molecule has 1 atom stereocenters. The molecule has 0 radical (unpaired) electrons. The molecular formula is C23H29BrClN3O4S. The standard InChI is InChI=1S/C23H29BrClN3O4S/c1-16(22(30)26-23(2,3)4)27(14-17-6-8-18(24)9-7-17)21(29)15-28(33(5,31)32)20-12-10-19(25)11-13-20/h6-13,16H,14-15H2,1-5H3,(H,26,30)/t16-/m0/s1. The normalized spacial score (nSPS) is 12.7. The fourth-order valence-electron chi connectivity index (χ4n) is 3.06. The highest BCUT2D eigenvalue weighted by Crippen LogP contribution is 2.22. The van der Waals surface area contributed by atoms with E-state index in [2.05, 4.69) is 21.2 Å². The number of nitrogens with one attached hydrogen (secondary N) is 1. The van der Waals surface area contributed by atoms with Gasteiger partial charge in [-0.2, -0.15) is 0 Å². The topological polar surface area (TPSA) is 86.8 Å². The second-order valence-electron chi connectivity index (χ2n) is 8.81. The lowest BCUT2D eigenvalue weighted by atomic mass is 10.1. The van der Waals surface area contributed by atoms with Crippen molar-refractivity contribution in [2.45, 2.75) is 45.8 Å². The third-order valence-electron chi connectivity index (χ3n) is 4.73. The molecule has 7 nitrogen and oxygen atoms in total. The molecule has 0 saturated carbocycles. The van der Waals surface area contributed by atoms with E-state index in [1.165, 1.54) is 17.0 Å². The quantitative estimate of drug-likeness (QED) is 0.526. The zero-order valence-electron chi connectivity index (χ0n) is 19.3. The van der Waals surface area contributed by atoms with E-state index >= 15 is 0 Å². The molecule has 10 heteroatoms. The number of rotatable bonds is 8. The van der Waals surface area contributed by atoms with Gasteiger partial charge in [0.25, 0.3) is 0 Å². The van der Waals surface area contributed by atoms with Crippen LogP contribution in [0.2, 0.25) is 5.02 Å². The van der Waals surface area contributed by atoms with Crippen LogP contribution in [0.4, 0.5) is 5.69 Å². The predicted molar refractivity (Wildman–Crippen MR) is 136 cm³/mol. The number of carbonyl (C=O) groups excluding carboxylic acids is 2. The zero-order valence-corrected chi connectivity index (χ0v) is 22.5. The lowest BCUT2D eigenvalue weighted by molar-refractivity contribution is -0.140. The highest BCUT2D eigenvalue weighted by atomic mass is 79.9. The van der Waals surface area contributed by atoms with E-state index in [1.54, 1.807) is 19.1 Å². The van der Waals surface area contributed by atoms with Crippen LogP contribution in [-0.2, 0) is 26.2 Å². The van der Waals surface area contributed by atoms with Gasteiger partial charge in [-0.05, 0) is 69.7 Å². The summed E-state index contributed by atoms with van der Waals surface area (Å²) in [4.78, 5) is 27.7. The van der Waals surface area contributed by atoms with Gasteiger partial charge in [-0.3, -0.25) is 13.9 Å². The molecule has 2 amide bonds. The molecule has 33 heavy (non-hydrogen) atoms. The molecule has 0 aromatic heterocycles. The minimum absolute atomic E-state index is 0.142. The first-order chi connectivity index (χ1) is 15.2. The number of nitrogens with zero attached hydrogens (tertiary/aromatic N) is 2. The second-order valence-corrected chi connectivity index (χ2v) is 12.1. The molecule has 0 aliphatic rings. The summed E-state index contributed by atoms with van der Waals surface area (Å²) in [6, 6.07) is 12.7. The molecule has 2 rings (SSSR count). The first-order valence-corrected chi connectivity index (χ1v) is 13.3. The summed E-state index contributed by atoms with van der Waals surface area (Å²) in [5, 5.41) is 3.33. The van der Waals surface area contributed by atoms with Crippen molar-refractivity contribution in [2.75, 3.05) is 17.1 Å². The first kappa shape index (κ1) is 27.1. The summed E-state index contributed by atoms with van der Waals surface area (Å²) >= 11 is 9.31. The number of hydrogen-bond acceptors (Lipinski definition) is 4. The Kier molecular flexibility index (Phi) is 8.95. The molecule has 0 fully saturated rings. The van der Waals surface area contributed by atoms with Crippen LogP contribution >= 0.6 is 27.5 Å². The molecule has 2 aromatic carbocycles. The Hall–Kier alpha value is -2.10. The molecule has 0 heterocycles. The summed E-state index contributed by atoms with van der Waals surface area (Å²) in [5.41, 5.74) is 0.629. The fourth-order valence-corrected chi connectivity index (χ4v) is 4.30. The van der Waals surface area contributed by atoms with Crippen LogP contribution in [0.1, 0.15) is 33.3 Å². The Bertz CT molecular complexity index is 1080. The highest BCUT2D eigenvalue weighted by Gasteiger charge is 2.31. The average molecular weight is 559 g/mol. The lowest BCUT2D eigenvalue weighted by Gasteiger charge is -2.33. The van der Waals surface area contributed by atoms with Crippen molar-refractivity contribution in [1.82, 2.24) is 10.2 Å². The maximum atomic E-state index is 13.4. The lowest BCUT2D eigenvalue weighted by Crippen LogP contribution is -2.54. The van der Waals surface area contributed by atoms with Gasteiger partial charge in [-0.15, -0.1) is 0 Å².